The summed E-state index contributed by atoms with van der Waals surface area (Å²) in [5.74, 6) is 0.276. The second-order valence-corrected chi connectivity index (χ2v) is 7.13. The number of carbonyl (C=O) groups is 1. The average molecular weight is 360 g/mol. The van der Waals surface area contributed by atoms with Gasteiger partial charge in [0, 0.05) is 19.3 Å². The minimum Gasteiger partial charge on any atom is -0.492 e. The zero-order valence-electron chi connectivity index (χ0n) is 14.6. The number of hydrogen-bond donors (Lipinski definition) is 0. The molecule has 5 nitrogen and oxygen atoms in total. The third-order valence-electron chi connectivity index (χ3n) is 3.79. The summed E-state index contributed by atoms with van der Waals surface area (Å²) in [4.78, 5) is 17.2. The topological polar surface area (TPSA) is 51.7 Å². The van der Waals surface area contributed by atoms with Crippen molar-refractivity contribution in [2.45, 2.75) is 45.4 Å². The van der Waals surface area contributed by atoms with Crippen molar-refractivity contribution >= 4 is 6.09 Å². The molecule has 2 rings (SSSR count). The number of pyridine rings is 1. The van der Waals surface area contributed by atoms with E-state index in [-0.39, 0.29) is 17.8 Å². The molecule has 140 valence electrons. The molecule has 1 saturated heterocycles. The van der Waals surface area contributed by atoms with E-state index in [0.717, 1.165) is 12.3 Å². The number of alkyl halides is 3. The van der Waals surface area contributed by atoms with Crippen LogP contribution in [0, 0.1) is 5.92 Å². The van der Waals surface area contributed by atoms with Gasteiger partial charge in [0.05, 0.1) is 18.4 Å². The van der Waals surface area contributed by atoms with Crippen LogP contribution in [0.3, 0.4) is 0 Å². The van der Waals surface area contributed by atoms with Crippen LogP contribution in [0.15, 0.2) is 18.5 Å². The SMILES string of the molecule is CC(C)(C)OC(=O)N1CCC(COc2cncc(C(F)(F)F)c2)CC1. The van der Waals surface area contributed by atoms with Crippen LogP contribution in [0.4, 0.5) is 18.0 Å². The van der Waals surface area contributed by atoms with Gasteiger partial charge in [0.1, 0.15) is 11.4 Å². The van der Waals surface area contributed by atoms with Crippen LogP contribution in [0.25, 0.3) is 0 Å². The fourth-order valence-corrected chi connectivity index (χ4v) is 2.48. The van der Waals surface area contributed by atoms with E-state index in [1.165, 1.54) is 6.20 Å². The maximum atomic E-state index is 12.7. The molecule has 0 radical (unpaired) electrons. The van der Waals surface area contributed by atoms with Crippen LogP contribution < -0.4 is 4.74 Å². The molecule has 0 spiro atoms. The Bertz CT molecular complexity index is 592. The quantitative estimate of drug-likeness (QED) is 0.813. The predicted octanol–water partition coefficient (Wildman–Crippen LogP) is 4.13. The van der Waals surface area contributed by atoms with Gasteiger partial charge in [-0.1, -0.05) is 0 Å². The van der Waals surface area contributed by atoms with E-state index in [1.807, 2.05) is 20.8 Å². The van der Waals surface area contributed by atoms with Crippen LogP contribution in [-0.4, -0.2) is 41.3 Å². The van der Waals surface area contributed by atoms with Crippen molar-refractivity contribution < 1.29 is 27.4 Å². The van der Waals surface area contributed by atoms with E-state index < -0.39 is 17.3 Å². The molecule has 0 atom stereocenters. The fraction of sp³-hybridized carbons (Fsp3) is 0.647. The summed E-state index contributed by atoms with van der Waals surface area (Å²) < 4.78 is 48.8. The van der Waals surface area contributed by atoms with Crippen LogP contribution in [-0.2, 0) is 10.9 Å². The van der Waals surface area contributed by atoms with Crippen molar-refractivity contribution in [3.63, 3.8) is 0 Å². The van der Waals surface area contributed by atoms with Crippen molar-refractivity contribution in [1.82, 2.24) is 9.88 Å². The Labute approximate surface area is 145 Å². The van der Waals surface area contributed by atoms with Crippen molar-refractivity contribution in [1.29, 1.82) is 0 Å². The summed E-state index contributed by atoms with van der Waals surface area (Å²) in [6.45, 7) is 6.83. The van der Waals surface area contributed by atoms with Gasteiger partial charge in [-0.15, -0.1) is 0 Å². The van der Waals surface area contributed by atoms with E-state index >= 15 is 0 Å². The summed E-state index contributed by atoms with van der Waals surface area (Å²) in [6.07, 6.45) is -1.31. The molecule has 1 fully saturated rings. The zero-order valence-corrected chi connectivity index (χ0v) is 14.6. The lowest BCUT2D eigenvalue weighted by Crippen LogP contribution is -2.42. The summed E-state index contributed by atoms with van der Waals surface area (Å²) in [5, 5.41) is 0. The van der Waals surface area contributed by atoms with E-state index in [0.29, 0.717) is 32.5 Å². The van der Waals surface area contributed by atoms with E-state index in [9.17, 15) is 18.0 Å². The molecule has 25 heavy (non-hydrogen) atoms. The van der Waals surface area contributed by atoms with Crippen molar-refractivity contribution in [3.8, 4) is 5.75 Å². The highest BCUT2D eigenvalue weighted by atomic mass is 19.4. The largest absolute Gasteiger partial charge is 0.492 e. The Balaban J connectivity index is 1.80. The summed E-state index contributed by atoms with van der Waals surface area (Å²) >= 11 is 0. The highest BCUT2D eigenvalue weighted by Crippen LogP contribution is 2.31. The Morgan fingerprint density at radius 3 is 2.44 bits per heavy atom. The molecule has 1 aliphatic heterocycles. The number of halogens is 3. The van der Waals surface area contributed by atoms with Gasteiger partial charge < -0.3 is 14.4 Å². The summed E-state index contributed by atoms with van der Waals surface area (Å²) in [6, 6.07) is 0.947. The first-order chi connectivity index (χ1) is 11.5. The van der Waals surface area contributed by atoms with Gasteiger partial charge >= 0.3 is 12.3 Å². The van der Waals surface area contributed by atoms with Gasteiger partial charge in [-0.25, -0.2) is 4.79 Å². The number of rotatable bonds is 3. The molecule has 1 aliphatic rings. The van der Waals surface area contributed by atoms with Gasteiger partial charge in [0.25, 0.3) is 0 Å². The average Bonchev–Trinajstić information content (AvgIpc) is 2.51. The van der Waals surface area contributed by atoms with Gasteiger partial charge in [0.2, 0.25) is 0 Å². The monoisotopic (exact) mass is 360 g/mol. The Hall–Kier alpha value is -1.99. The van der Waals surface area contributed by atoms with Crippen molar-refractivity contribution in [2.24, 2.45) is 5.92 Å². The molecule has 0 aromatic carbocycles. The van der Waals surface area contributed by atoms with Crippen molar-refractivity contribution in [2.75, 3.05) is 19.7 Å². The normalized spacial score (nSPS) is 16.6. The smallest absolute Gasteiger partial charge is 0.418 e. The third kappa shape index (κ3) is 6.10. The highest BCUT2D eigenvalue weighted by Gasteiger charge is 2.31. The first-order valence-corrected chi connectivity index (χ1v) is 8.17. The maximum absolute atomic E-state index is 12.7. The van der Waals surface area contributed by atoms with Gasteiger partial charge in [-0.3, -0.25) is 4.98 Å². The molecule has 0 N–H and O–H groups in total. The molecule has 0 aliphatic carbocycles. The van der Waals surface area contributed by atoms with Crippen LogP contribution in [0.1, 0.15) is 39.2 Å². The number of likely N-dealkylation sites (tertiary alicyclic amines) is 1. The fourth-order valence-electron chi connectivity index (χ4n) is 2.48. The van der Waals surface area contributed by atoms with Gasteiger partial charge in [-0.05, 0) is 45.6 Å². The highest BCUT2D eigenvalue weighted by molar-refractivity contribution is 5.68. The lowest BCUT2D eigenvalue weighted by molar-refractivity contribution is -0.138. The molecule has 1 aromatic heterocycles. The maximum Gasteiger partial charge on any atom is 0.418 e. The number of carbonyl (C=O) groups excluding carboxylic acids is 1. The lowest BCUT2D eigenvalue weighted by atomic mass is 9.98. The molecular formula is C17H23F3N2O3. The predicted molar refractivity (Wildman–Crippen MR) is 85.3 cm³/mol. The van der Waals surface area contributed by atoms with Crippen LogP contribution in [0.5, 0.6) is 5.75 Å². The van der Waals surface area contributed by atoms with Gasteiger partial charge in [0.15, 0.2) is 0 Å². The molecule has 0 bridgehead atoms. The van der Waals surface area contributed by atoms with Crippen LogP contribution in [0.2, 0.25) is 0 Å². The molecule has 1 aromatic rings. The van der Waals surface area contributed by atoms with E-state index in [2.05, 4.69) is 4.98 Å². The van der Waals surface area contributed by atoms with Gasteiger partial charge in [-0.2, -0.15) is 13.2 Å². The standard InChI is InChI=1S/C17H23F3N2O3/c1-16(2,3)25-15(23)22-6-4-12(5-7-22)11-24-14-8-13(9-21-10-14)17(18,19)20/h8-10,12H,4-7,11H2,1-3H3. The van der Waals surface area contributed by atoms with E-state index in [1.54, 1.807) is 4.90 Å². The molecule has 2 heterocycles. The summed E-state index contributed by atoms with van der Waals surface area (Å²) in [5.41, 5.74) is -1.36. The Morgan fingerprint density at radius 1 is 1.24 bits per heavy atom. The van der Waals surface area contributed by atoms with E-state index in [4.69, 9.17) is 9.47 Å². The number of ether oxygens (including phenoxy) is 2. The minimum atomic E-state index is -4.44. The Morgan fingerprint density at radius 2 is 1.88 bits per heavy atom. The third-order valence-corrected chi connectivity index (χ3v) is 3.79. The summed E-state index contributed by atoms with van der Waals surface area (Å²) in [7, 11) is 0. The number of nitrogens with zero attached hydrogens (tertiary/aromatic N) is 2. The Kier molecular flexibility index (Phi) is 5.80. The molecule has 8 heteroatoms. The molecule has 0 saturated carbocycles. The molecular weight excluding hydrogens is 337 g/mol. The zero-order chi connectivity index (χ0) is 18.7. The first-order valence-electron chi connectivity index (χ1n) is 8.17. The second kappa shape index (κ2) is 7.49. The number of hydrogen-bond acceptors (Lipinski definition) is 4. The van der Waals surface area contributed by atoms with Crippen LogP contribution >= 0.6 is 0 Å². The first kappa shape index (κ1) is 19.3. The minimum absolute atomic E-state index is 0.101. The van der Waals surface area contributed by atoms with Crippen molar-refractivity contribution in [3.05, 3.63) is 24.0 Å². The number of aromatic nitrogens is 1. The number of piperidine rings is 1. The lowest BCUT2D eigenvalue weighted by Gasteiger charge is -2.33. The number of amides is 1. The molecule has 1 amide bonds. The second-order valence-electron chi connectivity index (χ2n) is 7.13. The molecule has 0 unspecified atom stereocenters.